The highest BCUT2D eigenvalue weighted by atomic mass is 79.9. The molecule has 0 saturated carbocycles. The van der Waals surface area contributed by atoms with Gasteiger partial charge in [-0.2, -0.15) is 0 Å². The molecule has 0 aliphatic carbocycles. The fourth-order valence-corrected chi connectivity index (χ4v) is 7.29. The third-order valence-electron chi connectivity index (χ3n) is 7.57. The summed E-state index contributed by atoms with van der Waals surface area (Å²) >= 11 is 9.95. The Morgan fingerprint density at radius 2 is 1.60 bits per heavy atom. The van der Waals surface area contributed by atoms with E-state index in [1.165, 1.54) is 24.1 Å². The van der Waals surface area contributed by atoms with Gasteiger partial charge in [-0.1, -0.05) is 91.7 Å². The first-order valence-corrected chi connectivity index (χ1v) is 17.8. The number of carbonyl (C=O) groups excluding carboxylic acids is 2. The van der Waals surface area contributed by atoms with E-state index in [2.05, 4.69) is 21.2 Å². The van der Waals surface area contributed by atoms with Crippen molar-refractivity contribution in [3.05, 3.63) is 123 Å². The van der Waals surface area contributed by atoms with E-state index in [1.54, 1.807) is 54.6 Å². The van der Waals surface area contributed by atoms with E-state index in [9.17, 15) is 18.0 Å². The van der Waals surface area contributed by atoms with Crippen molar-refractivity contribution in [1.29, 1.82) is 0 Å². The van der Waals surface area contributed by atoms with Crippen LogP contribution in [0.5, 0.6) is 5.75 Å². The number of halogens is 2. The monoisotopic (exact) mass is 739 g/mol. The lowest BCUT2D eigenvalue weighted by Gasteiger charge is -2.34. The van der Waals surface area contributed by atoms with Gasteiger partial charge in [0.25, 0.3) is 10.0 Å². The van der Waals surface area contributed by atoms with E-state index < -0.39 is 28.5 Å². The van der Waals surface area contributed by atoms with Gasteiger partial charge < -0.3 is 15.0 Å². The smallest absolute Gasteiger partial charge is 0.264 e. The van der Waals surface area contributed by atoms with Gasteiger partial charge in [-0.15, -0.1) is 0 Å². The minimum atomic E-state index is -4.28. The van der Waals surface area contributed by atoms with Gasteiger partial charge in [-0.3, -0.25) is 13.9 Å². The van der Waals surface area contributed by atoms with Crippen LogP contribution in [0.2, 0.25) is 5.02 Å². The SMILES string of the molecule is COc1ccc(S(=O)(=O)N(CC(=O)N(Cc2ccccc2Cl)[C@@H](Cc2ccccc2)C(=O)NCC(C)C)c2ccc(C)cc2)cc1Br. The third-order valence-corrected chi connectivity index (χ3v) is 10.3. The van der Waals surface area contributed by atoms with Crippen LogP contribution in [0.3, 0.4) is 0 Å². The van der Waals surface area contributed by atoms with Gasteiger partial charge >= 0.3 is 0 Å². The Hall–Kier alpha value is -3.86. The maximum absolute atomic E-state index is 14.6. The number of methoxy groups -OCH3 is 1. The number of rotatable bonds is 14. The molecule has 2 amide bonds. The highest BCUT2D eigenvalue weighted by Crippen LogP contribution is 2.31. The molecule has 0 aliphatic rings. The van der Waals surface area contributed by atoms with Crippen molar-refractivity contribution in [3.63, 3.8) is 0 Å². The quantitative estimate of drug-likeness (QED) is 0.150. The molecule has 4 rings (SSSR count). The van der Waals surface area contributed by atoms with Gasteiger partial charge in [0.1, 0.15) is 18.3 Å². The first-order chi connectivity index (χ1) is 22.4. The minimum Gasteiger partial charge on any atom is -0.496 e. The Kier molecular flexibility index (Phi) is 12.5. The molecule has 1 atom stereocenters. The van der Waals surface area contributed by atoms with Crippen LogP contribution in [0.25, 0.3) is 0 Å². The molecule has 8 nitrogen and oxygen atoms in total. The molecule has 0 fully saturated rings. The summed E-state index contributed by atoms with van der Waals surface area (Å²) in [6, 6.07) is 26.9. The van der Waals surface area contributed by atoms with Crippen LogP contribution in [0.1, 0.15) is 30.5 Å². The summed E-state index contributed by atoms with van der Waals surface area (Å²) in [6.45, 7) is 5.70. The van der Waals surface area contributed by atoms with Gasteiger partial charge in [0.05, 0.1) is 22.2 Å². The summed E-state index contributed by atoms with van der Waals surface area (Å²) in [5, 5.41) is 3.42. The predicted molar refractivity (Wildman–Crippen MR) is 190 cm³/mol. The maximum atomic E-state index is 14.6. The molecule has 1 N–H and O–H groups in total. The molecular formula is C36H39BrClN3O5S. The first-order valence-electron chi connectivity index (χ1n) is 15.2. The molecule has 4 aromatic rings. The number of hydrogen-bond acceptors (Lipinski definition) is 5. The van der Waals surface area contributed by atoms with Crippen molar-refractivity contribution in [2.75, 3.05) is 24.5 Å². The number of nitrogens with zero attached hydrogens (tertiary/aromatic N) is 2. The number of benzene rings is 4. The van der Waals surface area contributed by atoms with E-state index in [0.29, 0.717) is 33.0 Å². The van der Waals surface area contributed by atoms with Crippen LogP contribution in [0.15, 0.2) is 106 Å². The van der Waals surface area contributed by atoms with Crippen molar-refractivity contribution in [2.24, 2.45) is 5.92 Å². The van der Waals surface area contributed by atoms with Gasteiger partial charge in [0.15, 0.2) is 0 Å². The van der Waals surface area contributed by atoms with E-state index in [0.717, 1.165) is 15.4 Å². The summed E-state index contributed by atoms with van der Waals surface area (Å²) in [5.41, 5.74) is 2.70. The molecule has 0 unspecified atom stereocenters. The molecule has 0 radical (unpaired) electrons. The molecule has 0 aliphatic heterocycles. The van der Waals surface area contributed by atoms with Crippen LogP contribution >= 0.6 is 27.5 Å². The topological polar surface area (TPSA) is 96.0 Å². The molecule has 11 heteroatoms. The summed E-state index contributed by atoms with van der Waals surface area (Å²) < 4.78 is 35.4. The lowest BCUT2D eigenvalue weighted by atomic mass is 10.0. The molecule has 248 valence electrons. The minimum absolute atomic E-state index is 0.0129. The highest BCUT2D eigenvalue weighted by Gasteiger charge is 2.35. The number of sulfonamides is 1. The Morgan fingerprint density at radius 3 is 2.21 bits per heavy atom. The standard InChI is InChI=1S/C36H39BrClN3O5S/c1-25(2)22-39-36(43)33(20-27-10-6-5-7-11-27)40(23-28-12-8-9-13-32(28)38)35(42)24-41(29-16-14-26(3)15-17-29)47(44,45)30-18-19-34(46-4)31(37)21-30/h5-19,21,25,33H,20,22-24H2,1-4H3,(H,39,43)/t33-/m0/s1. The van der Waals surface area contributed by atoms with Crippen molar-refractivity contribution in [2.45, 2.75) is 44.7 Å². The van der Waals surface area contributed by atoms with Crippen LogP contribution in [0.4, 0.5) is 5.69 Å². The normalized spacial score (nSPS) is 12.0. The van der Waals surface area contributed by atoms with Crippen molar-refractivity contribution >= 4 is 55.1 Å². The van der Waals surface area contributed by atoms with Crippen molar-refractivity contribution in [1.82, 2.24) is 10.2 Å². The number of anilines is 1. The van der Waals surface area contributed by atoms with Crippen LogP contribution in [-0.4, -0.2) is 51.4 Å². The summed E-state index contributed by atoms with van der Waals surface area (Å²) in [5.74, 6) is -0.270. The lowest BCUT2D eigenvalue weighted by Crippen LogP contribution is -2.53. The number of hydrogen-bond donors (Lipinski definition) is 1. The second-order valence-electron chi connectivity index (χ2n) is 11.6. The number of ether oxygens (including phenoxy) is 1. The van der Waals surface area contributed by atoms with Gasteiger partial charge in [0, 0.05) is 24.5 Å². The molecule has 47 heavy (non-hydrogen) atoms. The van der Waals surface area contributed by atoms with Crippen LogP contribution in [0, 0.1) is 12.8 Å². The Labute approximate surface area is 290 Å². The zero-order chi connectivity index (χ0) is 34.1. The van der Waals surface area contributed by atoms with E-state index >= 15 is 0 Å². The number of nitrogens with one attached hydrogen (secondary N) is 1. The fourth-order valence-electron chi connectivity index (χ4n) is 4.96. The molecular weight excluding hydrogens is 702 g/mol. The molecule has 4 aromatic carbocycles. The molecule has 0 saturated heterocycles. The van der Waals surface area contributed by atoms with Crippen molar-refractivity contribution < 1.29 is 22.7 Å². The average molecular weight is 741 g/mol. The van der Waals surface area contributed by atoms with E-state index in [4.69, 9.17) is 16.3 Å². The summed E-state index contributed by atoms with van der Waals surface area (Å²) in [7, 11) is -2.79. The number of amides is 2. The largest absolute Gasteiger partial charge is 0.496 e. The Balaban J connectivity index is 1.82. The van der Waals surface area contributed by atoms with E-state index in [-0.39, 0.29) is 29.7 Å². The molecule has 0 spiro atoms. The fraction of sp³-hybridized carbons (Fsp3) is 0.278. The van der Waals surface area contributed by atoms with E-state index in [1.807, 2.05) is 51.1 Å². The van der Waals surface area contributed by atoms with Crippen LogP contribution < -0.4 is 14.4 Å². The molecule has 0 bridgehead atoms. The molecule has 0 aromatic heterocycles. The lowest BCUT2D eigenvalue weighted by molar-refractivity contribution is -0.140. The molecule has 0 heterocycles. The maximum Gasteiger partial charge on any atom is 0.264 e. The Morgan fingerprint density at radius 1 is 0.936 bits per heavy atom. The number of aryl methyl sites for hydroxylation is 1. The van der Waals surface area contributed by atoms with Crippen LogP contribution in [-0.2, 0) is 32.6 Å². The zero-order valence-corrected chi connectivity index (χ0v) is 30.0. The summed E-state index contributed by atoms with van der Waals surface area (Å²) in [6.07, 6.45) is 0.212. The third kappa shape index (κ3) is 9.37. The second-order valence-corrected chi connectivity index (χ2v) is 14.7. The second kappa shape index (κ2) is 16.3. The number of carbonyl (C=O) groups is 2. The van der Waals surface area contributed by atoms with Gasteiger partial charge in [-0.05, 0) is 76.3 Å². The van der Waals surface area contributed by atoms with Gasteiger partial charge in [0.2, 0.25) is 11.8 Å². The zero-order valence-electron chi connectivity index (χ0n) is 26.8. The van der Waals surface area contributed by atoms with Crippen molar-refractivity contribution in [3.8, 4) is 5.75 Å². The predicted octanol–water partition coefficient (Wildman–Crippen LogP) is 7.03. The first kappa shape index (κ1) is 36.0. The average Bonchev–Trinajstić information content (AvgIpc) is 3.05. The highest BCUT2D eigenvalue weighted by molar-refractivity contribution is 9.10. The van der Waals surface area contributed by atoms with Gasteiger partial charge in [-0.25, -0.2) is 8.42 Å². The summed E-state index contributed by atoms with van der Waals surface area (Å²) in [4.78, 5) is 29.9. The Bertz CT molecular complexity index is 1790.